The fraction of sp³-hybridized carbons (Fsp3) is 0.842. The highest BCUT2D eigenvalue weighted by Crippen LogP contribution is 2.28. The third-order valence-corrected chi connectivity index (χ3v) is 9.24. The molecule has 0 unspecified atom stereocenters. The molecule has 0 bridgehead atoms. The lowest BCUT2D eigenvalue weighted by atomic mass is 9.83. The van der Waals surface area contributed by atoms with E-state index in [1.54, 1.807) is 20.2 Å². The molecule has 2 fully saturated rings. The van der Waals surface area contributed by atoms with Crippen molar-refractivity contribution in [2.45, 2.75) is 159 Å². The lowest BCUT2D eigenvalue weighted by Crippen LogP contribution is -2.44. The monoisotopic (exact) mass is 663 g/mol. The van der Waals surface area contributed by atoms with E-state index in [1.807, 2.05) is 40.8 Å². The zero-order valence-corrected chi connectivity index (χ0v) is 31.9. The first-order valence-electron chi connectivity index (χ1n) is 18.7. The zero-order chi connectivity index (χ0) is 35.6. The number of ketones is 1. The van der Waals surface area contributed by atoms with E-state index < -0.39 is 11.7 Å². The number of carbonyl (C=O) groups excluding carboxylic acids is 2. The van der Waals surface area contributed by atoms with Crippen LogP contribution in [0.15, 0.2) is 12.5 Å². The zero-order valence-electron chi connectivity index (χ0n) is 31.9. The summed E-state index contributed by atoms with van der Waals surface area (Å²) in [6, 6.07) is 0.165. The van der Waals surface area contributed by atoms with E-state index in [1.165, 1.54) is 5.56 Å². The molecule has 0 spiro atoms. The van der Waals surface area contributed by atoms with Crippen molar-refractivity contribution in [3.8, 4) is 0 Å². The van der Waals surface area contributed by atoms with Gasteiger partial charge in [-0.25, -0.2) is 9.97 Å². The number of aromatic nitrogens is 2. The summed E-state index contributed by atoms with van der Waals surface area (Å²) in [5, 5.41) is 9.03. The largest absolute Gasteiger partial charge is 0.463 e. The Hall–Kier alpha value is -1.94. The molecule has 4 heterocycles. The smallest absolute Gasteiger partial charge is 0.319 e. The van der Waals surface area contributed by atoms with Crippen LogP contribution in [-0.4, -0.2) is 81.3 Å². The minimum absolute atomic E-state index is 0.00471. The highest BCUT2D eigenvalue weighted by Gasteiger charge is 2.38. The predicted octanol–water partition coefficient (Wildman–Crippen LogP) is 7.44. The van der Waals surface area contributed by atoms with Crippen LogP contribution in [0.5, 0.6) is 0 Å². The number of hydrogen-bond acceptors (Lipinski definition) is 9. The second kappa shape index (κ2) is 22.6. The van der Waals surface area contributed by atoms with Crippen molar-refractivity contribution in [2.75, 3.05) is 26.2 Å². The van der Waals surface area contributed by atoms with Crippen LogP contribution in [-0.2, 0) is 32.2 Å². The Morgan fingerprint density at radius 1 is 0.957 bits per heavy atom. The summed E-state index contributed by atoms with van der Waals surface area (Å²) in [6.45, 7) is 27.4. The average Bonchev–Trinajstić information content (AvgIpc) is 3.45. The van der Waals surface area contributed by atoms with Crippen LogP contribution >= 0.6 is 0 Å². The Balaban J connectivity index is 0.000000717. The first kappa shape index (κ1) is 43.1. The van der Waals surface area contributed by atoms with E-state index in [0.717, 1.165) is 83.4 Å². The molecule has 3 aliphatic rings. The van der Waals surface area contributed by atoms with Crippen LogP contribution in [0.25, 0.3) is 0 Å². The number of nitrogens with zero attached hydrogens (tertiary/aromatic N) is 4. The van der Waals surface area contributed by atoms with E-state index in [0.29, 0.717) is 30.8 Å². The van der Waals surface area contributed by atoms with Gasteiger partial charge in [0.2, 0.25) is 0 Å². The Morgan fingerprint density at radius 2 is 1.66 bits per heavy atom. The Kier molecular flexibility index (Phi) is 20.8. The number of fused-ring (bicyclic) bond motifs is 1. The second-order valence-corrected chi connectivity index (χ2v) is 14.1. The van der Waals surface area contributed by atoms with Gasteiger partial charge >= 0.3 is 5.97 Å². The molecular formula is C38H70N4O5. The van der Waals surface area contributed by atoms with Gasteiger partial charge in [-0.05, 0) is 90.1 Å². The third-order valence-electron chi connectivity index (χ3n) is 9.24. The molecule has 2 saturated heterocycles. The van der Waals surface area contributed by atoms with Gasteiger partial charge in [-0.15, -0.1) is 0 Å². The van der Waals surface area contributed by atoms with Gasteiger partial charge in [0.05, 0.1) is 11.8 Å². The number of Topliss-reactive ketones (excluding diaryl/α,β-unsaturated/α-hetero) is 1. The van der Waals surface area contributed by atoms with Gasteiger partial charge in [0, 0.05) is 50.3 Å². The first-order chi connectivity index (χ1) is 22.4. The molecular weight excluding hydrogens is 592 g/mol. The Morgan fingerprint density at radius 3 is 2.28 bits per heavy atom. The van der Waals surface area contributed by atoms with Crippen LogP contribution < -0.4 is 0 Å². The number of hydrogen-bond donors (Lipinski definition) is 1. The number of cyclic esters (lactones) is 1. The summed E-state index contributed by atoms with van der Waals surface area (Å²) in [6.07, 6.45) is 10.6. The van der Waals surface area contributed by atoms with E-state index in [9.17, 15) is 9.59 Å². The van der Waals surface area contributed by atoms with Gasteiger partial charge in [0.1, 0.15) is 24.1 Å². The Labute approximate surface area is 287 Å². The summed E-state index contributed by atoms with van der Waals surface area (Å²) < 4.78 is 10.9. The Bertz CT molecular complexity index is 972. The van der Waals surface area contributed by atoms with Gasteiger partial charge in [-0.1, -0.05) is 55.4 Å². The van der Waals surface area contributed by atoms with Crippen molar-refractivity contribution < 1.29 is 24.2 Å². The molecule has 6 atom stereocenters. The van der Waals surface area contributed by atoms with Crippen molar-refractivity contribution >= 4 is 11.8 Å². The highest BCUT2D eigenvalue weighted by atomic mass is 16.6. The molecule has 1 N–H and O–H groups in total. The molecule has 4 rings (SSSR count). The normalized spacial score (nSPS) is 28.7. The summed E-state index contributed by atoms with van der Waals surface area (Å²) >= 11 is 0. The summed E-state index contributed by atoms with van der Waals surface area (Å²) in [4.78, 5) is 39.2. The summed E-state index contributed by atoms with van der Waals surface area (Å²) in [7, 11) is 0. The summed E-state index contributed by atoms with van der Waals surface area (Å²) in [5.41, 5.74) is 1.27. The van der Waals surface area contributed by atoms with Gasteiger partial charge in [0.15, 0.2) is 6.29 Å². The molecule has 3 aliphatic heterocycles. The number of aliphatic hydroxyl groups is 1. The molecule has 0 aliphatic carbocycles. The standard InChI is InChI=1S/C27H44N4O3.C7H14O2.2C2H6/c1-6-11-31-15-21(3)13-20(2)9-10-25(32)27(4,5)26(33)34-18-23(31)8-7-12-30-16-22-14-28-19-29-24(22)17-30;1-5-3-6(2)9-7(8)4-5;2*1-2/h14,19-21,23H,6-13,15-18H2,1-5H3;5-8H,3-4H2,1-2H3;2*1-2H3/t20-,21+,23+;5-,6+,7+;;/m00../s1. The van der Waals surface area contributed by atoms with E-state index in [2.05, 4.69) is 47.5 Å². The number of rotatable bonds is 6. The molecule has 0 amide bonds. The van der Waals surface area contributed by atoms with Crippen LogP contribution in [0.4, 0.5) is 0 Å². The number of ether oxygens (including phenoxy) is 2. The quantitative estimate of drug-likeness (QED) is 0.246. The number of carbonyl (C=O) groups is 2. The maximum absolute atomic E-state index is 12.9. The number of aliphatic hydroxyl groups excluding tert-OH is 1. The molecule has 272 valence electrons. The van der Waals surface area contributed by atoms with Crippen molar-refractivity contribution in [2.24, 2.45) is 23.2 Å². The SMILES string of the molecule is CC.CC.CCCN1C[C@H](C)C[C@@H](C)CCC(=O)C(C)(C)C(=O)OC[C@H]1CCCN1Cc2cncnc2C1.C[C@H]1C[C@@H](C)O[C@@H](O)C1. The minimum atomic E-state index is -1.08. The number of esters is 1. The third kappa shape index (κ3) is 15.0. The van der Waals surface area contributed by atoms with Crippen LogP contribution in [0.2, 0.25) is 0 Å². The van der Waals surface area contributed by atoms with Crippen molar-refractivity contribution in [1.29, 1.82) is 0 Å². The van der Waals surface area contributed by atoms with Gasteiger partial charge in [-0.3, -0.25) is 19.4 Å². The molecule has 0 aromatic carbocycles. The van der Waals surface area contributed by atoms with Crippen molar-refractivity contribution in [3.63, 3.8) is 0 Å². The molecule has 9 heteroatoms. The first-order valence-corrected chi connectivity index (χ1v) is 18.7. The summed E-state index contributed by atoms with van der Waals surface area (Å²) in [5.74, 6) is 1.23. The average molecular weight is 663 g/mol. The van der Waals surface area contributed by atoms with E-state index in [-0.39, 0.29) is 23.9 Å². The molecule has 0 saturated carbocycles. The lowest BCUT2D eigenvalue weighted by molar-refractivity contribution is -0.169. The topological polar surface area (TPSA) is 105 Å². The molecule has 9 nitrogen and oxygen atoms in total. The van der Waals surface area contributed by atoms with Crippen LogP contribution in [0.1, 0.15) is 139 Å². The molecule has 47 heavy (non-hydrogen) atoms. The highest BCUT2D eigenvalue weighted by molar-refractivity contribution is 6.02. The van der Waals surface area contributed by atoms with Gasteiger partial charge in [0.25, 0.3) is 0 Å². The van der Waals surface area contributed by atoms with Gasteiger partial charge in [-0.2, -0.15) is 0 Å². The van der Waals surface area contributed by atoms with Crippen molar-refractivity contribution in [1.82, 2.24) is 19.8 Å². The fourth-order valence-corrected chi connectivity index (χ4v) is 6.78. The van der Waals surface area contributed by atoms with Crippen molar-refractivity contribution in [3.05, 3.63) is 23.8 Å². The maximum atomic E-state index is 12.9. The molecule has 1 aromatic heterocycles. The molecule has 1 aromatic rings. The van der Waals surface area contributed by atoms with Crippen LogP contribution in [0, 0.1) is 23.2 Å². The van der Waals surface area contributed by atoms with E-state index >= 15 is 0 Å². The lowest BCUT2D eigenvalue weighted by Gasteiger charge is -2.34. The van der Waals surface area contributed by atoms with E-state index in [4.69, 9.17) is 14.6 Å². The molecule has 0 radical (unpaired) electrons. The minimum Gasteiger partial charge on any atom is -0.463 e. The fourth-order valence-electron chi connectivity index (χ4n) is 6.78. The predicted molar refractivity (Wildman–Crippen MR) is 191 cm³/mol. The van der Waals surface area contributed by atoms with Crippen LogP contribution in [0.3, 0.4) is 0 Å². The maximum Gasteiger partial charge on any atom is 0.319 e. The second-order valence-electron chi connectivity index (χ2n) is 14.1. The van der Waals surface area contributed by atoms with Gasteiger partial charge < -0.3 is 14.6 Å².